The zero-order valence-electron chi connectivity index (χ0n) is 18.3. The lowest BCUT2D eigenvalue weighted by Gasteiger charge is -2.08. The Balaban J connectivity index is 1.46. The van der Waals surface area contributed by atoms with Crippen molar-refractivity contribution in [1.82, 2.24) is 9.55 Å². The average molecular weight is 434 g/mol. The smallest absolute Gasteiger partial charge is 0.0991 e. The van der Waals surface area contributed by atoms with Gasteiger partial charge in [0.2, 0.25) is 0 Å². The molecule has 1 N–H and O–H groups in total. The molecule has 0 aliphatic rings. The van der Waals surface area contributed by atoms with Crippen molar-refractivity contribution in [3.8, 4) is 22.9 Å². The Kier molecular flexibility index (Phi) is 3.91. The van der Waals surface area contributed by atoms with Crippen LogP contribution in [0.2, 0.25) is 0 Å². The lowest BCUT2D eigenvalue weighted by molar-refractivity contribution is 1.18. The molecule has 7 rings (SSSR count). The fraction of sp³-hybridized carbons (Fsp3) is 0. The summed E-state index contributed by atoms with van der Waals surface area (Å²) in [5, 5.41) is 14.1. The number of hydrogen-bond acceptors (Lipinski definition) is 1. The molecule has 0 saturated carbocycles. The van der Waals surface area contributed by atoms with Gasteiger partial charge in [-0.3, -0.25) is 0 Å². The van der Waals surface area contributed by atoms with Crippen LogP contribution in [0, 0.1) is 11.3 Å². The molecule has 0 spiro atoms. The Morgan fingerprint density at radius 2 is 1.21 bits per heavy atom. The molecule has 0 atom stereocenters. The number of aromatic nitrogens is 2. The number of nitrogens with zero attached hydrogens (tertiary/aromatic N) is 2. The van der Waals surface area contributed by atoms with E-state index >= 15 is 0 Å². The molecule has 0 fully saturated rings. The summed E-state index contributed by atoms with van der Waals surface area (Å²) in [7, 11) is 0. The van der Waals surface area contributed by atoms with Crippen molar-refractivity contribution in [2.45, 2.75) is 0 Å². The molecular weight excluding hydrogens is 414 g/mol. The maximum Gasteiger partial charge on any atom is 0.0991 e. The normalized spacial score (nSPS) is 11.5. The van der Waals surface area contributed by atoms with Gasteiger partial charge in [0.05, 0.1) is 22.7 Å². The first-order valence-electron chi connectivity index (χ1n) is 11.3. The van der Waals surface area contributed by atoms with E-state index in [-0.39, 0.29) is 0 Å². The number of nitrogens with one attached hydrogen (secondary N) is 1. The SMILES string of the molecule is N#Cc1ccc(-n2c3ccccc3c3cc(-c4ccc5[nH]c6ccccc6c5c4)ccc32)cc1. The van der Waals surface area contributed by atoms with Gasteiger partial charge in [0.1, 0.15) is 0 Å². The molecule has 34 heavy (non-hydrogen) atoms. The summed E-state index contributed by atoms with van der Waals surface area (Å²) >= 11 is 0. The fourth-order valence-corrected chi connectivity index (χ4v) is 5.14. The van der Waals surface area contributed by atoms with Crippen molar-refractivity contribution < 1.29 is 0 Å². The molecular formula is C31H19N3. The molecule has 3 nitrogen and oxygen atoms in total. The summed E-state index contributed by atoms with van der Waals surface area (Å²) in [6.45, 7) is 0. The summed E-state index contributed by atoms with van der Waals surface area (Å²) < 4.78 is 2.28. The minimum absolute atomic E-state index is 0.666. The number of aromatic amines is 1. The van der Waals surface area contributed by atoms with E-state index in [9.17, 15) is 5.26 Å². The van der Waals surface area contributed by atoms with Gasteiger partial charge in [0, 0.05) is 38.3 Å². The summed E-state index contributed by atoms with van der Waals surface area (Å²) in [6, 6.07) is 40.3. The van der Waals surface area contributed by atoms with E-state index in [1.165, 1.54) is 32.7 Å². The van der Waals surface area contributed by atoms with Crippen molar-refractivity contribution >= 4 is 43.6 Å². The third kappa shape index (κ3) is 2.69. The predicted octanol–water partition coefficient (Wildman–Crippen LogP) is 7.96. The van der Waals surface area contributed by atoms with Gasteiger partial charge in [-0.05, 0) is 71.8 Å². The van der Waals surface area contributed by atoms with Crippen molar-refractivity contribution in [2.24, 2.45) is 0 Å². The lowest BCUT2D eigenvalue weighted by Crippen LogP contribution is -1.93. The van der Waals surface area contributed by atoms with Crippen LogP contribution in [-0.4, -0.2) is 9.55 Å². The molecule has 0 unspecified atom stereocenters. The topological polar surface area (TPSA) is 44.5 Å². The van der Waals surface area contributed by atoms with Gasteiger partial charge in [-0.1, -0.05) is 48.5 Å². The number of rotatable bonds is 2. The number of fused-ring (bicyclic) bond motifs is 6. The Labute approximate surface area is 196 Å². The van der Waals surface area contributed by atoms with Gasteiger partial charge in [-0.2, -0.15) is 5.26 Å². The minimum atomic E-state index is 0.666. The molecule has 0 aliphatic carbocycles. The molecule has 0 saturated heterocycles. The fourth-order valence-electron chi connectivity index (χ4n) is 5.14. The number of H-pyrrole nitrogens is 1. The van der Waals surface area contributed by atoms with E-state index in [1.807, 2.05) is 24.3 Å². The van der Waals surface area contributed by atoms with Gasteiger partial charge < -0.3 is 9.55 Å². The third-order valence-corrected chi connectivity index (χ3v) is 6.77. The van der Waals surface area contributed by atoms with E-state index in [0.29, 0.717) is 5.56 Å². The van der Waals surface area contributed by atoms with Crippen molar-refractivity contribution in [2.75, 3.05) is 0 Å². The van der Waals surface area contributed by atoms with Crippen molar-refractivity contribution in [3.05, 3.63) is 115 Å². The second-order valence-electron chi connectivity index (χ2n) is 8.67. The molecule has 0 aliphatic heterocycles. The van der Waals surface area contributed by atoms with Crippen molar-refractivity contribution in [3.63, 3.8) is 0 Å². The Hall–Kier alpha value is -4.81. The van der Waals surface area contributed by atoms with Gasteiger partial charge in [-0.15, -0.1) is 0 Å². The van der Waals surface area contributed by atoms with E-state index in [2.05, 4.69) is 101 Å². The molecule has 2 aromatic heterocycles. The van der Waals surface area contributed by atoms with Crippen LogP contribution in [0.25, 0.3) is 60.4 Å². The van der Waals surface area contributed by atoms with Crippen LogP contribution < -0.4 is 0 Å². The van der Waals surface area contributed by atoms with Gasteiger partial charge in [-0.25, -0.2) is 0 Å². The highest BCUT2D eigenvalue weighted by Crippen LogP contribution is 2.36. The van der Waals surface area contributed by atoms with Crippen LogP contribution >= 0.6 is 0 Å². The summed E-state index contributed by atoms with van der Waals surface area (Å²) in [5.41, 5.74) is 8.75. The molecule has 158 valence electrons. The molecule has 0 amide bonds. The summed E-state index contributed by atoms with van der Waals surface area (Å²) in [5.74, 6) is 0. The number of benzene rings is 5. The minimum Gasteiger partial charge on any atom is -0.355 e. The highest BCUT2D eigenvalue weighted by molar-refractivity contribution is 6.11. The second-order valence-corrected chi connectivity index (χ2v) is 8.67. The molecule has 3 heteroatoms. The second kappa shape index (κ2) is 7.10. The van der Waals surface area contributed by atoms with E-state index in [0.717, 1.165) is 27.8 Å². The van der Waals surface area contributed by atoms with Crippen LogP contribution in [0.5, 0.6) is 0 Å². The molecule has 0 bridgehead atoms. The first kappa shape index (κ1) is 18.7. The quantitative estimate of drug-likeness (QED) is 0.295. The number of nitriles is 1. The summed E-state index contributed by atoms with van der Waals surface area (Å²) in [6.07, 6.45) is 0. The zero-order valence-corrected chi connectivity index (χ0v) is 18.3. The average Bonchev–Trinajstić information content (AvgIpc) is 3.43. The van der Waals surface area contributed by atoms with Crippen LogP contribution in [0.1, 0.15) is 5.56 Å². The zero-order chi connectivity index (χ0) is 22.6. The highest BCUT2D eigenvalue weighted by atomic mass is 15.0. The van der Waals surface area contributed by atoms with Gasteiger partial charge in [0.15, 0.2) is 0 Å². The molecule has 7 aromatic rings. The number of hydrogen-bond donors (Lipinski definition) is 1. The largest absolute Gasteiger partial charge is 0.355 e. The highest BCUT2D eigenvalue weighted by Gasteiger charge is 2.14. The first-order valence-corrected chi connectivity index (χ1v) is 11.3. The monoisotopic (exact) mass is 433 g/mol. The van der Waals surface area contributed by atoms with E-state index in [4.69, 9.17) is 0 Å². The predicted molar refractivity (Wildman–Crippen MR) is 140 cm³/mol. The Morgan fingerprint density at radius 1 is 0.559 bits per heavy atom. The third-order valence-electron chi connectivity index (χ3n) is 6.77. The summed E-state index contributed by atoms with van der Waals surface area (Å²) in [4.78, 5) is 3.52. The van der Waals surface area contributed by atoms with Crippen LogP contribution in [-0.2, 0) is 0 Å². The molecule has 5 aromatic carbocycles. The van der Waals surface area contributed by atoms with E-state index in [1.54, 1.807) is 0 Å². The number of para-hydroxylation sites is 2. The van der Waals surface area contributed by atoms with Crippen LogP contribution in [0.3, 0.4) is 0 Å². The Morgan fingerprint density at radius 3 is 2.03 bits per heavy atom. The van der Waals surface area contributed by atoms with Crippen molar-refractivity contribution in [1.29, 1.82) is 5.26 Å². The molecule has 2 heterocycles. The first-order chi connectivity index (χ1) is 16.8. The van der Waals surface area contributed by atoms with Gasteiger partial charge >= 0.3 is 0 Å². The van der Waals surface area contributed by atoms with Gasteiger partial charge in [0.25, 0.3) is 0 Å². The van der Waals surface area contributed by atoms with Crippen LogP contribution in [0.4, 0.5) is 0 Å². The maximum atomic E-state index is 9.19. The molecule has 0 radical (unpaired) electrons. The van der Waals surface area contributed by atoms with Crippen LogP contribution in [0.15, 0.2) is 109 Å². The van der Waals surface area contributed by atoms with E-state index < -0.39 is 0 Å². The lowest BCUT2D eigenvalue weighted by atomic mass is 10.0. The maximum absolute atomic E-state index is 9.19. The Bertz CT molecular complexity index is 1910. The standard InChI is InChI=1S/C31H19N3/c32-19-20-9-13-23(14-10-20)34-30-8-4-2-6-25(30)27-18-22(12-16-31(27)34)21-11-15-29-26(17-21)24-5-1-3-7-28(24)33-29/h1-18,33H.